The van der Waals surface area contributed by atoms with E-state index in [0.29, 0.717) is 36.5 Å². The predicted molar refractivity (Wildman–Crippen MR) is 90.1 cm³/mol. The van der Waals surface area contributed by atoms with E-state index < -0.39 is 0 Å². The van der Waals surface area contributed by atoms with Crippen molar-refractivity contribution in [3.8, 4) is 0 Å². The topological polar surface area (TPSA) is 82.9 Å². The van der Waals surface area contributed by atoms with Gasteiger partial charge in [-0.1, -0.05) is 17.6 Å². The molecule has 4 rings (SSSR count). The molecule has 3 saturated carbocycles. The van der Waals surface area contributed by atoms with Gasteiger partial charge >= 0.3 is 0 Å². The van der Waals surface area contributed by atoms with Crippen molar-refractivity contribution in [2.24, 2.45) is 33.7 Å². The van der Waals surface area contributed by atoms with Crippen LogP contribution in [-0.4, -0.2) is 18.1 Å². The number of azide groups is 1. The molecule has 0 bridgehead atoms. The standard InChI is InChI=1S/C19H25N3O2/c1-18-8-7-16-14(15(18)4-5-17(18)24)3-2-12-10-13(23)6-9-19(12,16)11-21-22-20/h10,14-16H,2-9,11H2,1H3/t14-,15+,16+,18+,19-/m1/s1. The van der Waals surface area contributed by atoms with Crippen molar-refractivity contribution in [1.82, 2.24) is 0 Å². The molecule has 0 aromatic rings. The number of nitrogens with zero attached hydrogens (tertiary/aromatic N) is 3. The molecule has 24 heavy (non-hydrogen) atoms. The number of carbonyl (C=O) groups excluding carboxylic acids is 2. The molecule has 5 nitrogen and oxygen atoms in total. The quantitative estimate of drug-likeness (QED) is 0.428. The molecule has 0 aromatic carbocycles. The molecule has 5 heteroatoms. The van der Waals surface area contributed by atoms with Crippen LogP contribution in [0, 0.1) is 28.6 Å². The summed E-state index contributed by atoms with van der Waals surface area (Å²) < 4.78 is 0. The first-order valence-electron chi connectivity index (χ1n) is 9.29. The summed E-state index contributed by atoms with van der Waals surface area (Å²) in [6, 6.07) is 0. The van der Waals surface area contributed by atoms with E-state index in [2.05, 4.69) is 16.9 Å². The summed E-state index contributed by atoms with van der Waals surface area (Å²) in [6.45, 7) is 2.65. The van der Waals surface area contributed by atoms with Crippen LogP contribution >= 0.6 is 0 Å². The number of ketones is 2. The zero-order chi connectivity index (χ0) is 16.9. The van der Waals surface area contributed by atoms with E-state index >= 15 is 0 Å². The van der Waals surface area contributed by atoms with Crippen molar-refractivity contribution >= 4 is 11.6 Å². The highest BCUT2D eigenvalue weighted by molar-refractivity contribution is 5.91. The third kappa shape index (κ3) is 2.03. The lowest BCUT2D eigenvalue weighted by molar-refractivity contribution is -0.132. The molecule has 0 spiro atoms. The van der Waals surface area contributed by atoms with Crippen molar-refractivity contribution in [2.75, 3.05) is 6.54 Å². The van der Waals surface area contributed by atoms with Crippen molar-refractivity contribution in [1.29, 1.82) is 0 Å². The molecule has 0 saturated heterocycles. The van der Waals surface area contributed by atoms with E-state index in [1.54, 1.807) is 0 Å². The van der Waals surface area contributed by atoms with Gasteiger partial charge in [0.15, 0.2) is 5.78 Å². The minimum absolute atomic E-state index is 0.129. The fraction of sp³-hybridized carbons (Fsp3) is 0.789. The lowest BCUT2D eigenvalue weighted by atomic mass is 9.47. The van der Waals surface area contributed by atoms with Gasteiger partial charge in [-0.15, -0.1) is 0 Å². The summed E-state index contributed by atoms with van der Waals surface area (Å²) in [4.78, 5) is 27.4. The fourth-order valence-electron chi connectivity index (χ4n) is 6.59. The van der Waals surface area contributed by atoms with Crippen LogP contribution in [0.4, 0.5) is 0 Å². The summed E-state index contributed by atoms with van der Waals surface area (Å²) in [5, 5.41) is 3.97. The Morgan fingerprint density at radius 1 is 1.17 bits per heavy atom. The Bertz CT molecular complexity index is 678. The molecule has 0 aliphatic heterocycles. The Kier molecular flexibility index (Phi) is 3.61. The van der Waals surface area contributed by atoms with Gasteiger partial charge in [0.05, 0.1) is 0 Å². The van der Waals surface area contributed by atoms with Gasteiger partial charge in [0, 0.05) is 35.1 Å². The highest BCUT2D eigenvalue weighted by atomic mass is 16.1. The number of hydrogen-bond acceptors (Lipinski definition) is 3. The summed E-state index contributed by atoms with van der Waals surface area (Å²) in [5.74, 6) is 2.15. The second-order valence-electron chi connectivity index (χ2n) is 8.51. The molecule has 3 fully saturated rings. The Balaban J connectivity index is 1.74. The molecular formula is C19H25N3O2. The molecule has 0 amide bonds. The zero-order valence-corrected chi connectivity index (χ0v) is 14.3. The fourth-order valence-corrected chi connectivity index (χ4v) is 6.59. The molecule has 0 unspecified atom stereocenters. The number of carbonyl (C=O) groups is 2. The maximum absolute atomic E-state index is 12.5. The molecular weight excluding hydrogens is 302 g/mol. The molecule has 128 valence electrons. The third-order valence-electron chi connectivity index (χ3n) is 7.81. The summed E-state index contributed by atoms with van der Waals surface area (Å²) in [7, 11) is 0. The van der Waals surface area contributed by atoms with Crippen LogP contribution in [0.1, 0.15) is 58.3 Å². The second kappa shape index (κ2) is 5.45. The molecule has 5 atom stereocenters. The molecule has 0 heterocycles. The van der Waals surface area contributed by atoms with Crippen LogP contribution in [-0.2, 0) is 9.59 Å². The highest BCUT2D eigenvalue weighted by Gasteiger charge is 2.59. The van der Waals surface area contributed by atoms with E-state index in [4.69, 9.17) is 5.53 Å². The van der Waals surface area contributed by atoms with Crippen molar-refractivity contribution in [3.63, 3.8) is 0 Å². The van der Waals surface area contributed by atoms with Gasteiger partial charge < -0.3 is 0 Å². The van der Waals surface area contributed by atoms with Crippen molar-refractivity contribution < 1.29 is 9.59 Å². The van der Waals surface area contributed by atoms with Crippen LogP contribution in [0.15, 0.2) is 16.8 Å². The van der Waals surface area contributed by atoms with Crippen molar-refractivity contribution in [3.05, 3.63) is 22.1 Å². The van der Waals surface area contributed by atoms with Crippen LogP contribution in [0.25, 0.3) is 10.4 Å². The first-order chi connectivity index (χ1) is 11.5. The Morgan fingerprint density at radius 3 is 2.79 bits per heavy atom. The van der Waals surface area contributed by atoms with Crippen LogP contribution in [0.3, 0.4) is 0 Å². The maximum Gasteiger partial charge on any atom is 0.155 e. The highest BCUT2D eigenvalue weighted by Crippen LogP contribution is 2.64. The number of rotatable bonds is 2. The molecule has 0 N–H and O–H groups in total. The van der Waals surface area contributed by atoms with E-state index in [1.807, 2.05) is 6.08 Å². The lowest BCUT2D eigenvalue weighted by Gasteiger charge is -2.57. The average Bonchev–Trinajstić information content (AvgIpc) is 2.88. The number of hydrogen-bond donors (Lipinski definition) is 0. The summed E-state index contributed by atoms with van der Waals surface area (Å²) >= 11 is 0. The molecule has 4 aliphatic rings. The normalized spacial score (nSPS) is 44.0. The lowest BCUT2D eigenvalue weighted by Crippen LogP contribution is -2.52. The Hall–Kier alpha value is -1.61. The zero-order valence-electron chi connectivity index (χ0n) is 14.3. The van der Waals surface area contributed by atoms with Gasteiger partial charge in [-0.05, 0) is 67.9 Å². The van der Waals surface area contributed by atoms with E-state index in [0.717, 1.165) is 44.9 Å². The predicted octanol–water partition coefficient (Wildman–Crippen LogP) is 4.38. The smallest absolute Gasteiger partial charge is 0.155 e. The van der Waals surface area contributed by atoms with Gasteiger partial charge in [0.25, 0.3) is 0 Å². The molecule has 0 radical (unpaired) electrons. The second-order valence-corrected chi connectivity index (χ2v) is 8.51. The van der Waals surface area contributed by atoms with Gasteiger partial charge in [-0.25, -0.2) is 0 Å². The van der Waals surface area contributed by atoms with Crippen molar-refractivity contribution in [2.45, 2.75) is 58.3 Å². The Morgan fingerprint density at radius 2 is 2.00 bits per heavy atom. The van der Waals surface area contributed by atoms with E-state index in [1.165, 1.54) is 5.57 Å². The number of Topliss-reactive ketones (excluding diaryl/α,β-unsaturated/α-hetero) is 1. The monoisotopic (exact) mass is 327 g/mol. The minimum atomic E-state index is -0.132. The average molecular weight is 327 g/mol. The van der Waals surface area contributed by atoms with E-state index in [-0.39, 0.29) is 16.6 Å². The van der Waals surface area contributed by atoms with E-state index in [9.17, 15) is 9.59 Å². The third-order valence-corrected chi connectivity index (χ3v) is 7.81. The van der Waals surface area contributed by atoms with Gasteiger partial charge in [-0.2, -0.15) is 0 Å². The maximum atomic E-state index is 12.5. The summed E-state index contributed by atoms with van der Waals surface area (Å²) in [5.41, 5.74) is 9.85. The Labute approximate surface area is 142 Å². The van der Waals surface area contributed by atoms with Crippen LogP contribution in [0.2, 0.25) is 0 Å². The first kappa shape index (κ1) is 15.9. The van der Waals surface area contributed by atoms with Crippen LogP contribution in [0.5, 0.6) is 0 Å². The van der Waals surface area contributed by atoms with Gasteiger partial charge in [0.2, 0.25) is 0 Å². The van der Waals surface area contributed by atoms with Gasteiger partial charge in [-0.3, -0.25) is 9.59 Å². The van der Waals surface area contributed by atoms with Gasteiger partial charge in [0.1, 0.15) is 5.78 Å². The van der Waals surface area contributed by atoms with Crippen LogP contribution < -0.4 is 0 Å². The molecule has 0 aromatic heterocycles. The minimum Gasteiger partial charge on any atom is -0.299 e. The first-order valence-corrected chi connectivity index (χ1v) is 9.29. The number of fused-ring (bicyclic) bond motifs is 5. The largest absolute Gasteiger partial charge is 0.299 e. The SMILES string of the molecule is C[C@]12CC[C@H]3[C@H](CCC4=CC(=O)CC[C@@]43CN=[N+]=[N-])[C@@H]1CCC2=O. The molecule has 4 aliphatic carbocycles. The summed E-state index contributed by atoms with van der Waals surface area (Å²) in [6.07, 6.45) is 8.96.